The van der Waals surface area contributed by atoms with Crippen LogP contribution in [0.2, 0.25) is 0 Å². The lowest BCUT2D eigenvalue weighted by Crippen LogP contribution is -2.45. The van der Waals surface area contributed by atoms with E-state index in [1.54, 1.807) is 0 Å². The number of hydrogen-bond donors (Lipinski definition) is 1. The van der Waals surface area contributed by atoms with E-state index in [4.69, 9.17) is 5.73 Å². The summed E-state index contributed by atoms with van der Waals surface area (Å²) < 4.78 is 2.03. The van der Waals surface area contributed by atoms with Gasteiger partial charge in [0.15, 0.2) is 5.16 Å². The third-order valence-corrected chi connectivity index (χ3v) is 5.81. The maximum absolute atomic E-state index is 12.9. The second-order valence-corrected chi connectivity index (χ2v) is 9.63. The van der Waals surface area contributed by atoms with Gasteiger partial charge in [-0.15, -0.1) is 10.2 Å². The summed E-state index contributed by atoms with van der Waals surface area (Å²) in [4.78, 5) is 26.0. The van der Waals surface area contributed by atoms with Crippen LogP contribution in [0.15, 0.2) is 5.16 Å². The minimum absolute atomic E-state index is 0.163. The van der Waals surface area contributed by atoms with E-state index in [2.05, 4.69) is 37.9 Å². The molecule has 1 aliphatic heterocycles. The molecule has 2 heterocycles. The van der Waals surface area contributed by atoms with E-state index >= 15 is 0 Å². The van der Waals surface area contributed by atoms with Gasteiger partial charge >= 0.3 is 0 Å². The van der Waals surface area contributed by atoms with Crippen LogP contribution < -0.4 is 5.73 Å². The summed E-state index contributed by atoms with van der Waals surface area (Å²) in [5, 5.41) is 9.06. The number of aromatic nitrogens is 3. The van der Waals surface area contributed by atoms with E-state index in [0.29, 0.717) is 24.2 Å². The Hall–Kier alpha value is -1.57. The largest absolute Gasteiger partial charge is 0.370 e. The second kappa shape index (κ2) is 9.57. The Morgan fingerprint density at radius 2 is 1.81 bits per heavy atom. The van der Waals surface area contributed by atoms with Gasteiger partial charge < -0.3 is 15.2 Å². The topological polar surface area (TPSA) is 94.1 Å². The monoisotopic (exact) mass is 395 g/mol. The molecular formula is C19H33N5O2S. The van der Waals surface area contributed by atoms with Gasteiger partial charge in [0.1, 0.15) is 5.82 Å². The van der Waals surface area contributed by atoms with Gasteiger partial charge in [-0.1, -0.05) is 39.5 Å². The molecule has 27 heavy (non-hydrogen) atoms. The van der Waals surface area contributed by atoms with E-state index in [1.165, 1.54) is 18.2 Å². The summed E-state index contributed by atoms with van der Waals surface area (Å²) in [7, 11) is 0. The van der Waals surface area contributed by atoms with Gasteiger partial charge in [0.2, 0.25) is 11.8 Å². The van der Waals surface area contributed by atoms with Gasteiger partial charge in [-0.2, -0.15) is 0 Å². The molecule has 152 valence electrons. The SMILES string of the molecule is CC(C)Cn1c(CCC(N)=O)nnc1SC(C)C(=O)N1CC(C)CC(C)C1. The zero-order valence-electron chi connectivity index (χ0n) is 17.1. The van der Waals surface area contributed by atoms with Crippen LogP contribution in [0.5, 0.6) is 0 Å². The molecule has 1 aromatic rings. The minimum atomic E-state index is -0.347. The van der Waals surface area contributed by atoms with E-state index in [1.807, 2.05) is 16.4 Å². The summed E-state index contributed by atoms with van der Waals surface area (Å²) in [5.74, 6) is 2.06. The molecule has 0 bridgehead atoms. The normalized spacial score (nSPS) is 21.5. The molecule has 8 heteroatoms. The van der Waals surface area contributed by atoms with Crippen LogP contribution in [0.1, 0.15) is 53.3 Å². The molecule has 0 spiro atoms. The number of likely N-dealkylation sites (tertiary alicyclic amines) is 1. The quantitative estimate of drug-likeness (QED) is 0.682. The van der Waals surface area contributed by atoms with Crippen molar-refractivity contribution >= 4 is 23.6 Å². The van der Waals surface area contributed by atoms with E-state index in [9.17, 15) is 9.59 Å². The van der Waals surface area contributed by atoms with E-state index in [0.717, 1.165) is 30.6 Å². The first-order valence-corrected chi connectivity index (χ1v) is 10.7. The number of nitrogens with two attached hydrogens (primary N) is 1. The lowest BCUT2D eigenvalue weighted by Gasteiger charge is -2.36. The summed E-state index contributed by atoms with van der Waals surface area (Å²) >= 11 is 1.45. The van der Waals surface area contributed by atoms with Gasteiger partial charge in [0, 0.05) is 32.5 Å². The van der Waals surface area contributed by atoms with Crippen LogP contribution in [0.25, 0.3) is 0 Å². The Morgan fingerprint density at radius 3 is 2.37 bits per heavy atom. The Kier molecular flexibility index (Phi) is 7.70. The predicted molar refractivity (Wildman–Crippen MR) is 107 cm³/mol. The first-order chi connectivity index (χ1) is 12.7. The summed E-state index contributed by atoms with van der Waals surface area (Å²) in [6, 6.07) is 0. The number of rotatable bonds is 8. The average molecular weight is 396 g/mol. The molecule has 0 radical (unpaired) electrons. The fraction of sp³-hybridized carbons (Fsp3) is 0.789. The van der Waals surface area contributed by atoms with Crippen LogP contribution >= 0.6 is 11.8 Å². The molecule has 2 amide bonds. The number of amides is 2. The third-order valence-electron chi connectivity index (χ3n) is 4.75. The van der Waals surface area contributed by atoms with Crippen LogP contribution in [-0.2, 0) is 22.6 Å². The number of aryl methyl sites for hydroxylation is 1. The summed E-state index contributed by atoms with van der Waals surface area (Å²) in [6.45, 7) is 13.0. The summed E-state index contributed by atoms with van der Waals surface area (Å²) in [5.41, 5.74) is 5.27. The molecule has 1 aliphatic rings. The van der Waals surface area contributed by atoms with Gasteiger partial charge in [-0.05, 0) is 31.1 Å². The van der Waals surface area contributed by atoms with Crippen molar-refractivity contribution in [3.05, 3.63) is 5.82 Å². The van der Waals surface area contributed by atoms with Crippen molar-refractivity contribution in [2.75, 3.05) is 13.1 Å². The number of carbonyl (C=O) groups excluding carboxylic acids is 2. The standard InChI is InChI=1S/C19H33N5O2S/c1-12(2)9-24-17(7-6-16(20)25)21-22-19(24)27-15(5)18(26)23-10-13(3)8-14(4)11-23/h12-15H,6-11H2,1-5H3,(H2,20,25). The number of hydrogen-bond acceptors (Lipinski definition) is 5. The Labute approximate surface area is 166 Å². The average Bonchev–Trinajstić information content (AvgIpc) is 2.92. The zero-order valence-corrected chi connectivity index (χ0v) is 18.0. The molecule has 3 unspecified atom stereocenters. The van der Waals surface area contributed by atoms with Crippen molar-refractivity contribution in [3.63, 3.8) is 0 Å². The van der Waals surface area contributed by atoms with Crippen molar-refractivity contribution in [1.82, 2.24) is 19.7 Å². The molecule has 2 rings (SSSR count). The van der Waals surface area contributed by atoms with Gasteiger partial charge in [0.05, 0.1) is 5.25 Å². The van der Waals surface area contributed by atoms with Gasteiger partial charge in [0.25, 0.3) is 0 Å². The van der Waals surface area contributed by atoms with E-state index in [-0.39, 0.29) is 23.5 Å². The highest BCUT2D eigenvalue weighted by atomic mass is 32.2. The number of carbonyl (C=O) groups is 2. The smallest absolute Gasteiger partial charge is 0.235 e. The van der Waals surface area contributed by atoms with Crippen molar-refractivity contribution < 1.29 is 9.59 Å². The highest BCUT2D eigenvalue weighted by Gasteiger charge is 2.30. The molecule has 0 aromatic carbocycles. The lowest BCUT2D eigenvalue weighted by atomic mass is 9.92. The second-order valence-electron chi connectivity index (χ2n) is 8.32. The van der Waals surface area contributed by atoms with Crippen LogP contribution in [0.4, 0.5) is 0 Å². The molecular weight excluding hydrogens is 362 g/mol. The molecule has 1 fully saturated rings. The molecule has 1 saturated heterocycles. The lowest BCUT2D eigenvalue weighted by molar-refractivity contribution is -0.133. The number of piperidine rings is 1. The highest BCUT2D eigenvalue weighted by molar-refractivity contribution is 8.00. The number of nitrogens with zero attached hydrogens (tertiary/aromatic N) is 4. The first-order valence-electron chi connectivity index (χ1n) is 9.83. The third kappa shape index (κ3) is 6.23. The summed E-state index contributed by atoms with van der Waals surface area (Å²) in [6.07, 6.45) is 1.90. The van der Waals surface area contributed by atoms with Crippen LogP contribution in [0.3, 0.4) is 0 Å². The maximum Gasteiger partial charge on any atom is 0.235 e. The van der Waals surface area contributed by atoms with Crippen molar-refractivity contribution in [2.24, 2.45) is 23.5 Å². The molecule has 2 N–H and O–H groups in total. The number of thioether (sulfide) groups is 1. The fourth-order valence-electron chi connectivity index (χ4n) is 3.68. The Morgan fingerprint density at radius 1 is 1.19 bits per heavy atom. The molecule has 1 aromatic heterocycles. The molecule has 3 atom stereocenters. The van der Waals surface area contributed by atoms with Gasteiger partial charge in [-0.3, -0.25) is 9.59 Å². The minimum Gasteiger partial charge on any atom is -0.370 e. The molecule has 0 saturated carbocycles. The van der Waals surface area contributed by atoms with Crippen molar-refractivity contribution in [2.45, 2.75) is 70.8 Å². The maximum atomic E-state index is 12.9. The fourth-order valence-corrected chi connectivity index (χ4v) is 4.64. The Balaban J connectivity index is 2.10. The van der Waals surface area contributed by atoms with Crippen LogP contribution in [0, 0.1) is 17.8 Å². The van der Waals surface area contributed by atoms with Crippen molar-refractivity contribution in [3.8, 4) is 0 Å². The van der Waals surface area contributed by atoms with Crippen LogP contribution in [-0.4, -0.2) is 49.8 Å². The van der Waals surface area contributed by atoms with Gasteiger partial charge in [-0.25, -0.2) is 0 Å². The number of primary amides is 1. The van der Waals surface area contributed by atoms with Crippen molar-refractivity contribution in [1.29, 1.82) is 0 Å². The zero-order chi connectivity index (χ0) is 20.1. The molecule has 0 aliphatic carbocycles. The predicted octanol–water partition coefficient (Wildman–Crippen LogP) is 2.34. The highest BCUT2D eigenvalue weighted by Crippen LogP contribution is 2.28. The Bertz CT molecular complexity index is 651. The van der Waals surface area contributed by atoms with E-state index < -0.39 is 0 Å². The molecule has 7 nitrogen and oxygen atoms in total. The first kappa shape index (κ1) is 21.7.